The van der Waals surface area contributed by atoms with Crippen molar-refractivity contribution in [1.82, 2.24) is 4.90 Å². The van der Waals surface area contributed by atoms with Gasteiger partial charge >= 0.3 is 0 Å². The molecular weight excluding hydrogens is 322 g/mol. The molecular formula is C20H30ClNO2. The number of rotatable bonds is 11. The summed E-state index contributed by atoms with van der Waals surface area (Å²) < 4.78 is 5.75. The lowest BCUT2D eigenvalue weighted by Gasteiger charge is -2.14. The van der Waals surface area contributed by atoms with Crippen LogP contribution in [0.3, 0.4) is 0 Å². The molecule has 134 valence electrons. The minimum Gasteiger partial charge on any atom is -0.494 e. The highest BCUT2D eigenvalue weighted by atomic mass is 35.5. The van der Waals surface area contributed by atoms with Crippen molar-refractivity contribution in [3.05, 3.63) is 41.4 Å². The van der Waals surface area contributed by atoms with Crippen molar-refractivity contribution < 1.29 is 9.53 Å². The van der Waals surface area contributed by atoms with E-state index < -0.39 is 0 Å². The molecule has 0 aliphatic carbocycles. The maximum Gasteiger partial charge on any atom is 0.254 e. The first-order valence-electron chi connectivity index (χ1n) is 8.74. The van der Waals surface area contributed by atoms with Crippen LogP contribution in [-0.2, 0) is 0 Å². The molecule has 1 aromatic carbocycles. The minimum absolute atomic E-state index is 0.101. The lowest BCUT2D eigenvalue weighted by Crippen LogP contribution is -2.21. The number of amides is 1. The summed E-state index contributed by atoms with van der Waals surface area (Å²) in [5.74, 6) is 1.36. The summed E-state index contributed by atoms with van der Waals surface area (Å²) >= 11 is 6.18. The molecule has 3 nitrogen and oxygen atoms in total. The number of halogens is 1. The molecule has 4 heteroatoms. The Labute approximate surface area is 151 Å². The summed E-state index contributed by atoms with van der Waals surface area (Å²) in [5.41, 5.74) is 0.501. The molecule has 0 aromatic heterocycles. The number of hydrogen-bond donors (Lipinski definition) is 0. The monoisotopic (exact) mass is 351 g/mol. The number of nitrogens with zero attached hydrogens (tertiary/aromatic N) is 1. The first-order chi connectivity index (χ1) is 11.5. The fourth-order valence-electron chi connectivity index (χ4n) is 2.75. The van der Waals surface area contributed by atoms with Crippen LogP contribution in [0.2, 0.25) is 5.02 Å². The summed E-state index contributed by atoms with van der Waals surface area (Å²) in [6.07, 6.45) is 9.02. The van der Waals surface area contributed by atoms with E-state index in [1.165, 1.54) is 24.2 Å². The van der Waals surface area contributed by atoms with Gasteiger partial charge in [-0.2, -0.15) is 0 Å². The Balaban J connectivity index is 2.39. The van der Waals surface area contributed by atoms with Gasteiger partial charge in [0.15, 0.2) is 0 Å². The third kappa shape index (κ3) is 6.96. The van der Waals surface area contributed by atoms with Crippen LogP contribution in [0.5, 0.6) is 5.75 Å². The molecule has 1 amide bonds. The van der Waals surface area contributed by atoms with Crippen molar-refractivity contribution in [2.45, 2.75) is 45.4 Å². The van der Waals surface area contributed by atoms with E-state index in [1.807, 2.05) is 6.08 Å². The number of allylic oxidation sites excluding steroid dienone is 1. The minimum atomic E-state index is -0.101. The molecule has 0 N–H and O–H groups in total. The normalized spacial score (nSPS) is 11.8. The van der Waals surface area contributed by atoms with Crippen LogP contribution in [0, 0.1) is 5.92 Å². The highest BCUT2D eigenvalue weighted by Crippen LogP contribution is 2.24. The zero-order chi connectivity index (χ0) is 17.9. The summed E-state index contributed by atoms with van der Waals surface area (Å²) in [6, 6.07) is 5.25. The standard InChI is InChI=1S/C20H30ClNO2/c1-5-9-16(10-6-2)11-7-8-14-24-17-12-13-18(19(21)15-17)20(23)22(3)4/h5,12-13,15-16H,1,6-11,14H2,2-4H3. The number of carbonyl (C=O) groups excluding carboxylic acids is 1. The molecule has 0 saturated carbocycles. The average Bonchev–Trinajstić information content (AvgIpc) is 2.54. The van der Waals surface area contributed by atoms with E-state index in [0.717, 1.165) is 25.2 Å². The Morgan fingerprint density at radius 1 is 1.33 bits per heavy atom. The zero-order valence-electron chi connectivity index (χ0n) is 15.2. The van der Waals surface area contributed by atoms with E-state index in [0.29, 0.717) is 22.9 Å². The zero-order valence-corrected chi connectivity index (χ0v) is 15.9. The van der Waals surface area contributed by atoms with Crippen molar-refractivity contribution in [2.75, 3.05) is 20.7 Å². The van der Waals surface area contributed by atoms with E-state index in [-0.39, 0.29) is 5.91 Å². The third-order valence-electron chi connectivity index (χ3n) is 4.05. The van der Waals surface area contributed by atoms with Crippen molar-refractivity contribution in [3.63, 3.8) is 0 Å². The predicted molar refractivity (Wildman–Crippen MR) is 102 cm³/mol. The summed E-state index contributed by atoms with van der Waals surface area (Å²) in [7, 11) is 3.42. The summed E-state index contributed by atoms with van der Waals surface area (Å²) in [5, 5.41) is 0.431. The van der Waals surface area contributed by atoms with E-state index in [1.54, 1.807) is 32.3 Å². The van der Waals surface area contributed by atoms with Gasteiger partial charge < -0.3 is 9.64 Å². The molecule has 0 aliphatic rings. The van der Waals surface area contributed by atoms with Gasteiger partial charge in [-0.25, -0.2) is 0 Å². The second-order valence-corrected chi connectivity index (χ2v) is 6.77. The largest absolute Gasteiger partial charge is 0.494 e. The molecule has 0 saturated heterocycles. The molecule has 1 unspecified atom stereocenters. The van der Waals surface area contributed by atoms with Crippen LogP contribution in [0.1, 0.15) is 55.8 Å². The Bertz CT molecular complexity index is 528. The fraction of sp³-hybridized carbons (Fsp3) is 0.550. The lowest BCUT2D eigenvalue weighted by atomic mass is 9.94. The van der Waals surface area contributed by atoms with Crippen molar-refractivity contribution >= 4 is 17.5 Å². The van der Waals surface area contributed by atoms with E-state index in [2.05, 4.69) is 13.5 Å². The summed E-state index contributed by atoms with van der Waals surface area (Å²) in [4.78, 5) is 13.5. The number of unbranched alkanes of at least 4 members (excludes halogenated alkanes) is 1. The van der Waals surface area contributed by atoms with Crippen LogP contribution >= 0.6 is 11.6 Å². The molecule has 1 rings (SSSR count). The SMILES string of the molecule is C=CCC(CCC)CCCCOc1ccc(C(=O)N(C)C)c(Cl)c1. The van der Waals surface area contributed by atoms with Gasteiger partial charge in [0.25, 0.3) is 5.91 Å². The lowest BCUT2D eigenvalue weighted by molar-refractivity contribution is 0.0827. The van der Waals surface area contributed by atoms with Crippen molar-refractivity contribution in [2.24, 2.45) is 5.92 Å². The van der Waals surface area contributed by atoms with Gasteiger partial charge in [-0.1, -0.05) is 43.9 Å². The van der Waals surface area contributed by atoms with Crippen LogP contribution in [0.15, 0.2) is 30.9 Å². The quantitative estimate of drug-likeness (QED) is 0.384. The van der Waals surface area contributed by atoms with Gasteiger partial charge in [0.2, 0.25) is 0 Å². The summed E-state index contributed by atoms with van der Waals surface area (Å²) in [6.45, 7) is 6.74. The molecule has 0 fully saturated rings. The van der Waals surface area contributed by atoms with Crippen molar-refractivity contribution in [3.8, 4) is 5.75 Å². The maximum absolute atomic E-state index is 11.9. The number of hydrogen-bond acceptors (Lipinski definition) is 2. The Hall–Kier alpha value is -1.48. The molecule has 1 aromatic rings. The topological polar surface area (TPSA) is 29.5 Å². The highest BCUT2D eigenvalue weighted by Gasteiger charge is 2.13. The molecule has 0 radical (unpaired) electrons. The van der Waals surface area contributed by atoms with Crippen LogP contribution in [-0.4, -0.2) is 31.5 Å². The molecule has 0 heterocycles. The molecule has 0 bridgehead atoms. The van der Waals surface area contributed by atoms with Crippen LogP contribution in [0.25, 0.3) is 0 Å². The van der Waals surface area contributed by atoms with Gasteiger partial charge in [-0.15, -0.1) is 6.58 Å². The van der Waals surface area contributed by atoms with E-state index in [9.17, 15) is 4.79 Å². The highest BCUT2D eigenvalue weighted by molar-refractivity contribution is 6.34. The Kier molecular flexibility index (Phi) is 9.55. The van der Waals surface area contributed by atoms with Crippen LogP contribution < -0.4 is 4.74 Å². The predicted octanol–water partition coefficient (Wildman–Crippen LogP) is 5.58. The van der Waals surface area contributed by atoms with E-state index >= 15 is 0 Å². The third-order valence-corrected chi connectivity index (χ3v) is 4.36. The first kappa shape index (κ1) is 20.6. The van der Waals surface area contributed by atoms with Gasteiger partial charge in [-0.3, -0.25) is 4.79 Å². The smallest absolute Gasteiger partial charge is 0.254 e. The van der Waals surface area contributed by atoms with Gasteiger partial charge in [0, 0.05) is 14.1 Å². The van der Waals surface area contributed by atoms with Gasteiger partial charge in [0.1, 0.15) is 5.75 Å². The number of benzene rings is 1. The Morgan fingerprint density at radius 3 is 2.67 bits per heavy atom. The van der Waals surface area contributed by atoms with Crippen molar-refractivity contribution in [1.29, 1.82) is 0 Å². The second kappa shape index (κ2) is 11.1. The second-order valence-electron chi connectivity index (χ2n) is 6.36. The molecule has 0 spiro atoms. The van der Waals surface area contributed by atoms with Gasteiger partial charge in [0.05, 0.1) is 17.2 Å². The number of carbonyl (C=O) groups is 1. The number of ether oxygens (including phenoxy) is 1. The van der Waals surface area contributed by atoms with Crippen LogP contribution in [0.4, 0.5) is 0 Å². The molecule has 24 heavy (non-hydrogen) atoms. The fourth-order valence-corrected chi connectivity index (χ4v) is 3.00. The molecule has 1 atom stereocenters. The van der Waals surface area contributed by atoms with Gasteiger partial charge in [-0.05, 0) is 43.4 Å². The van der Waals surface area contributed by atoms with E-state index in [4.69, 9.17) is 16.3 Å². The maximum atomic E-state index is 11.9. The molecule has 0 aliphatic heterocycles. The average molecular weight is 352 g/mol. The first-order valence-corrected chi connectivity index (χ1v) is 9.12. The Morgan fingerprint density at radius 2 is 2.08 bits per heavy atom.